The Morgan fingerprint density at radius 2 is 1.37 bits per heavy atom. The second kappa shape index (κ2) is 16.5. The quantitative estimate of drug-likeness (QED) is 0.295. The van der Waals surface area contributed by atoms with Gasteiger partial charge in [-0.25, -0.2) is 0 Å². The third kappa shape index (κ3) is 11.3. The van der Waals surface area contributed by atoms with E-state index in [0.29, 0.717) is 24.4 Å². The fraction of sp³-hybridized carbons (Fsp3) is 0.741. The molecule has 0 bridgehead atoms. The molecule has 3 nitrogen and oxygen atoms in total. The van der Waals surface area contributed by atoms with E-state index in [1.54, 1.807) is 12.1 Å². The van der Waals surface area contributed by atoms with Crippen LogP contribution in [0.4, 0.5) is 0 Å². The summed E-state index contributed by atoms with van der Waals surface area (Å²) in [6.07, 6.45) is 18.5. The van der Waals surface area contributed by atoms with Gasteiger partial charge < -0.3 is 10.8 Å². The summed E-state index contributed by atoms with van der Waals surface area (Å²) in [6.45, 7) is 4.49. The highest BCUT2D eigenvalue weighted by atomic mass is 16.3. The molecule has 0 radical (unpaired) electrons. The molecule has 1 unspecified atom stereocenters. The van der Waals surface area contributed by atoms with Crippen molar-refractivity contribution in [2.75, 3.05) is 0 Å². The number of carbonyl (C=O) groups excluding carboxylic acids is 1. The minimum absolute atomic E-state index is 0.0972. The van der Waals surface area contributed by atoms with Crippen molar-refractivity contribution >= 4 is 5.78 Å². The number of carbonyl (C=O) groups is 1. The van der Waals surface area contributed by atoms with Crippen molar-refractivity contribution in [3.63, 3.8) is 0 Å². The molecule has 1 aromatic carbocycles. The van der Waals surface area contributed by atoms with E-state index in [4.69, 9.17) is 5.73 Å². The first-order valence-electron chi connectivity index (χ1n) is 12.6. The lowest BCUT2D eigenvalue weighted by atomic mass is 9.81. The highest BCUT2D eigenvalue weighted by molar-refractivity contribution is 6.02. The molecule has 0 aliphatic heterocycles. The molecule has 1 aliphatic rings. The summed E-state index contributed by atoms with van der Waals surface area (Å²) in [5.41, 5.74) is 5.51. The first-order valence-corrected chi connectivity index (χ1v) is 12.6. The zero-order valence-electron chi connectivity index (χ0n) is 19.7. The summed E-state index contributed by atoms with van der Waals surface area (Å²) in [4.78, 5) is 12.3. The summed E-state index contributed by atoms with van der Waals surface area (Å²) in [6, 6.07) is 9.64. The minimum Gasteiger partial charge on any atom is -0.382 e. The SMILES string of the molecule is CCCCCCC(N)CCCCC.O=C(c1ccccc1)C1(O)CCCCCCC1. The average molecular weight is 418 g/mol. The maximum atomic E-state index is 12.3. The Kier molecular flexibility index (Phi) is 14.8. The fourth-order valence-corrected chi connectivity index (χ4v) is 4.21. The van der Waals surface area contributed by atoms with Crippen LogP contribution in [0.25, 0.3) is 0 Å². The summed E-state index contributed by atoms with van der Waals surface area (Å²) < 4.78 is 0. The van der Waals surface area contributed by atoms with Crippen LogP contribution in [-0.4, -0.2) is 22.5 Å². The largest absolute Gasteiger partial charge is 0.382 e. The molecule has 3 heteroatoms. The van der Waals surface area contributed by atoms with Gasteiger partial charge in [0.05, 0.1) is 0 Å². The first-order chi connectivity index (χ1) is 14.5. The first kappa shape index (κ1) is 26.8. The van der Waals surface area contributed by atoms with Crippen molar-refractivity contribution in [1.29, 1.82) is 0 Å². The molecule has 0 amide bonds. The van der Waals surface area contributed by atoms with Crippen molar-refractivity contribution in [3.8, 4) is 0 Å². The van der Waals surface area contributed by atoms with Gasteiger partial charge >= 0.3 is 0 Å². The molecule has 2 rings (SSSR count). The molecule has 1 fully saturated rings. The van der Waals surface area contributed by atoms with Crippen LogP contribution in [0.3, 0.4) is 0 Å². The molecule has 1 saturated carbocycles. The maximum absolute atomic E-state index is 12.3. The van der Waals surface area contributed by atoms with Crippen molar-refractivity contribution in [2.24, 2.45) is 5.73 Å². The minimum atomic E-state index is -1.12. The molecule has 0 spiro atoms. The van der Waals surface area contributed by atoms with Crippen LogP contribution in [0.1, 0.15) is 127 Å². The molecule has 0 aromatic heterocycles. The predicted octanol–water partition coefficient (Wildman–Crippen LogP) is 7.21. The van der Waals surface area contributed by atoms with Crippen LogP contribution in [0.2, 0.25) is 0 Å². The summed E-state index contributed by atoms with van der Waals surface area (Å²) in [5.74, 6) is -0.0972. The number of nitrogens with two attached hydrogens (primary N) is 1. The van der Waals surface area contributed by atoms with Gasteiger partial charge in [0.15, 0.2) is 5.78 Å². The van der Waals surface area contributed by atoms with Crippen LogP contribution in [-0.2, 0) is 0 Å². The molecular weight excluding hydrogens is 370 g/mol. The third-order valence-corrected chi connectivity index (χ3v) is 6.25. The van der Waals surface area contributed by atoms with Gasteiger partial charge in [0.2, 0.25) is 0 Å². The van der Waals surface area contributed by atoms with Gasteiger partial charge in [-0.1, -0.05) is 121 Å². The van der Waals surface area contributed by atoms with Gasteiger partial charge in [0, 0.05) is 11.6 Å². The number of Topliss-reactive ketones (excluding diaryl/α,β-unsaturated/α-hetero) is 1. The average Bonchev–Trinajstić information content (AvgIpc) is 2.75. The molecule has 1 aliphatic carbocycles. The third-order valence-electron chi connectivity index (χ3n) is 6.25. The fourth-order valence-electron chi connectivity index (χ4n) is 4.21. The van der Waals surface area contributed by atoms with Gasteiger partial charge in [-0.3, -0.25) is 4.79 Å². The van der Waals surface area contributed by atoms with E-state index in [1.807, 2.05) is 18.2 Å². The van der Waals surface area contributed by atoms with Gasteiger partial charge in [0.25, 0.3) is 0 Å². The highest BCUT2D eigenvalue weighted by Crippen LogP contribution is 2.29. The Hall–Kier alpha value is -1.19. The Morgan fingerprint density at radius 1 is 0.867 bits per heavy atom. The topological polar surface area (TPSA) is 63.3 Å². The van der Waals surface area contributed by atoms with Crippen molar-refractivity contribution in [2.45, 2.75) is 128 Å². The molecule has 3 N–H and O–H groups in total. The zero-order valence-corrected chi connectivity index (χ0v) is 19.7. The van der Waals surface area contributed by atoms with Gasteiger partial charge in [-0.2, -0.15) is 0 Å². The predicted molar refractivity (Wildman–Crippen MR) is 129 cm³/mol. The van der Waals surface area contributed by atoms with Crippen LogP contribution in [0.5, 0.6) is 0 Å². The number of hydrogen-bond acceptors (Lipinski definition) is 3. The Morgan fingerprint density at radius 3 is 1.93 bits per heavy atom. The molecule has 172 valence electrons. The monoisotopic (exact) mass is 417 g/mol. The summed E-state index contributed by atoms with van der Waals surface area (Å²) in [7, 11) is 0. The zero-order chi connectivity index (χ0) is 22.1. The number of rotatable bonds is 11. The van der Waals surface area contributed by atoms with Gasteiger partial charge in [-0.05, 0) is 25.7 Å². The standard InChI is InChI=1S/C15H20O2.C12H27N/c16-14(13-9-5-4-6-10-13)15(17)11-7-2-1-3-8-12-15;1-3-5-7-9-11-12(13)10-8-6-4-2/h4-6,9-10,17H,1-3,7-8,11-12H2;12H,3-11,13H2,1-2H3. The van der Waals surface area contributed by atoms with E-state index >= 15 is 0 Å². The van der Waals surface area contributed by atoms with Crippen LogP contribution >= 0.6 is 0 Å². The number of benzene rings is 1. The number of ketones is 1. The van der Waals surface area contributed by atoms with Crippen LogP contribution < -0.4 is 5.73 Å². The smallest absolute Gasteiger partial charge is 0.194 e. The van der Waals surface area contributed by atoms with Gasteiger partial charge in [-0.15, -0.1) is 0 Å². The van der Waals surface area contributed by atoms with Crippen molar-refractivity contribution < 1.29 is 9.90 Å². The maximum Gasteiger partial charge on any atom is 0.194 e. The van der Waals surface area contributed by atoms with Crippen molar-refractivity contribution in [1.82, 2.24) is 0 Å². The Balaban J connectivity index is 0.000000314. The lowest BCUT2D eigenvalue weighted by Crippen LogP contribution is -2.39. The van der Waals surface area contributed by atoms with E-state index in [1.165, 1.54) is 64.2 Å². The molecular formula is C27H47NO2. The molecule has 1 atom stereocenters. The lowest BCUT2D eigenvalue weighted by molar-refractivity contribution is 0.0177. The molecule has 1 aromatic rings. The molecule has 0 saturated heterocycles. The molecule has 0 heterocycles. The lowest BCUT2D eigenvalue weighted by Gasteiger charge is -2.28. The Labute approximate surface area is 185 Å². The van der Waals surface area contributed by atoms with E-state index in [-0.39, 0.29) is 5.78 Å². The summed E-state index contributed by atoms with van der Waals surface area (Å²) in [5, 5.41) is 10.5. The van der Waals surface area contributed by atoms with Crippen LogP contribution in [0, 0.1) is 0 Å². The van der Waals surface area contributed by atoms with Crippen molar-refractivity contribution in [3.05, 3.63) is 35.9 Å². The van der Waals surface area contributed by atoms with E-state index in [9.17, 15) is 9.90 Å². The number of unbranched alkanes of at least 4 members (excludes halogenated alkanes) is 5. The number of aliphatic hydroxyl groups is 1. The normalized spacial score (nSPS) is 17.2. The van der Waals surface area contributed by atoms with E-state index in [0.717, 1.165) is 25.7 Å². The summed E-state index contributed by atoms with van der Waals surface area (Å²) >= 11 is 0. The Bertz CT molecular complexity index is 535. The number of hydrogen-bond donors (Lipinski definition) is 2. The second-order valence-corrected chi connectivity index (χ2v) is 9.10. The van der Waals surface area contributed by atoms with E-state index in [2.05, 4.69) is 13.8 Å². The second-order valence-electron chi connectivity index (χ2n) is 9.10. The van der Waals surface area contributed by atoms with E-state index < -0.39 is 5.60 Å². The highest BCUT2D eigenvalue weighted by Gasteiger charge is 2.35. The van der Waals surface area contributed by atoms with Gasteiger partial charge in [0.1, 0.15) is 5.60 Å². The molecule has 30 heavy (non-hydrogen) atoms. The van der Waals surface area contributed by atoms with Crippen LogP contribution in [0.15, 0.2) is 30.3 Å².